The molecule has 164 valence electrons. The van der Waals surface area contributed by atoms with Gasteiger partial charge in [-0.25, -0.2) is 0 Å². The molecule has 0 saturated heterocycles. The van der Waals surface area contributed by atoms with Crippen LogP contribution >= 0.6 is 31.9 Å². The summed E-state index contributed by atoms with van der Waals surface area (Å²) in [7, 11) is 0. The van der Waals surface area contributed by atoms with Gasteiger partial charge in [0.05, 0.1) is 4.47 Å². The highest BCUT2D eigenvalue weighted by Gasteiger charge is 2.34. The van der Waals surface area contributed by atoms with Crippen LogP contribution in [-0.4, -0.2) is 10.2 Å². The molecular formula is C24H30Br2O4. The Bertz CT molecular complexity index is 954. The zero-order valence-electron chi connectivity index (χ0n) is 18.1. The number of hydrogen-bond donors (Lipinski definition) is 2. The van der Waals surface area contributed by atoms with Crippen molar-refractivity contribution in [3.8, 4) is 34.5 Å². The molecule has 0 aromatic heterocycles. The van der Waals surface area contributed by atoms with Gasteiger partial charge in [0.2, 0.25) is 0 Å². The normalized spacial score (nSPS) is 12.2. The van der Waals surface area contributed by atoms with Crippen LogP contribution in [0.1, 0.15) is 75.6 Å². The van der Waals surface area contributed by atoms with Crippen molar-refractivity contribution in [2.75, 3.05) is 0 Å². The highest BCUT2D eigenvalue weighted by Crippen LogP contribution is 2.59. The van der Waals surface area contributed by atoms with Gasteiger partial charge in [-0.1, -0.05) is 53.4 Å². The fraction of sp³-hybridized carbons (Fsp3) is 0.500. The number of hydrogen-bond acceptors (Lipinski definition) is 4. The maximum absolute atomic E-state index is 10.7. The minimum absolute atomic E-state index is 0.0897. The molecule has 4 nitrogen and oxygen atoms in total. The van der Waals surface area contributed by atoms with E-state index in [9.17, 15) is 10.2 Å². The maximum atomic E-state index is 10.7. The molecule has 0 aliphatic carbocycles. The third-order valence-corrected chi connectivity index (χ3v) is 7.62. The van der Waals surface area contributed by atoms with Crippen molar-refractivity contribution in [2.24, 2.45) is 0 Å². The lowest BCUT2D eigenvalue weighted by Gasteiger charge is -2.30. The number of halogens is 2. The molecule has 30 heavy (non-hydrogen) atoms. The zero-order valence-corrected chi connectivity index (χ0v) is 21.3. The smallest absolute Gasteiger partial charge is 0.185 e. The Balaban J connectivity index is 2.31. The monoisotopic (exact) mass is 540 g/mol. The molecule has 2 aromatic carbocycles. The minimum atomic E-state index is -0.0994. The molecule has 0 spiro atoms. The van der Waals surface area contributed by atoms with Gasteiger partial charge in [0, 0.05) is 21.2 Å². The standard InChI is InChI=1S/C24H30Br2O4/c1-5-9-13-14(10-6-2)21-24(18(26)17(13)25)30-23-16(12-8-4)20(28)19(27)15(11-7-3)22(23)29-21/h27-28H,5-12H2,1-4H3. The third-order valence-electron chi connectivity index (χ3n) is 5.46. The summed E-state index contributed by atoms with van der Waals surface area (Å²) in [6.45, 7) is 8.39. The third kappa shape index (κ3) is 3.93. The van der Waals surface area contributed by atoms with Crippen LogP contribution < -0.4 is 9.47 Å². The maximum Gasteiger partial charge on any atom is 0.185 e. The second-order valence-corrected chi connectivity index (χ2v) is 9.35. The number of fused-ring (bicyclic) bond motifs is 2. The van der Waals surface area contributed by atoms with Gasteiger partial charge < -0.3 is 19.7 Å². The Morgan fingerprint density at radius 1 is 0.533 bits per heavy atom. The highest BCUT2D eigenvalue weighted by molar-refractivity contribution is 9.13. The van der Waals surface area contributed by atoms with Crippen LogP contribution in [0.4, 0.5) is 0 Å². The topological polar surface area (TPSA) is 58.9 Å². The lowest BCUT2D eigenvalue weighted by Crippen LogP contribution is -2.10. The fourth-order valence-electron chi connectivity index (χ4n) is 4.12. The lowest BCUT2D eigenvalue weighted by atomic mass is 9.95. The van der Waals surface area contributed by atoms with E-state index in [-0.39, 0.29) is 11.5 Å². The predicted molar refractivity (Wildman–Crippen MR) is 128 cm³/mol. The molecule has 1 aliphatic heterocycles. The van der Waals surface area contributed by atoms with Crippen LogP contribution in [-0.2, 0) is 25.7 Å². The first-order chi connectivity index (χ1) is 14.4. The Morgan fingerprint density at radius 2 is 0.900 bits per heavy atom. The van der Waals surface area contributed by atoms with E-state index in [1.807, 2.05) is 13.8 Å². The molecule has 1 heterocycles. The fourth-order valence-corrected chi connectivity index (χ4v) is 5.24. The summed E-state index contributed by atoms with van der Waals surface area (Å²) in [6, 6.07) is 0. The summed E-state index contributed by atoms with van der Waals surface area (Å²) in [4.78, 5) is 0. The molecule has 0 saturated carbocycles. The molecule has 6 heteroatoms. The van der Waals surface area contributed by atoms with Crippen LogP contribution in [0, 0.1) is 0 Å². The molecule has 1 aliphatic rings. The SMILES string of the molecule is CCCc1c(Br)c(Br)c2c(c1CCC)Oc1c(CCC)c(O)c(O)c(CCC)c1O2. The molecule has 2 N–H and O–H groups in total. The van der Waals surface area contributed by atoms with Crippen LogP contribution in [0.3, 0.4) is 0 Å². The van der Waals surface area contributed by atoms with Crippen molar-refractivity contribution in [3.63, 3.8) is 0 Å². The van der Waals surface area contributed by atoms with E-state index in [1.54, 1.807) is 0 Å². The van der Waals surface area contributed by atoms with Gasteiger partial charge in [0.25, 0.3) is 0 Å². The zero-order chi connectivity index (χ0) is 22.0. The first-order valence-corrected chi connectivity index (χ1v) is 12.5. The molecule has 3 rings (SSSR count). The predicted octanol–water partition coefficient (Wildman–Crippen LogP) is 8.33. The van der Waals surface area contributed by atoms with E-state index < -0.39 is 0 Å². The molecule has 0 fully saturated rings. The van der Waals surface area contributed by atoms with Gasteiger partial charge >= 0.3 is 0 Å². The first-order valence-electron chi connectivity index (χ1n) is 10.9. The molecule has 0 amide bonds. The highest BCUT2D eigenvalue weighted by atomic mass is 79.9. The average Bonchev–Trinajstić information content (AvgIpc) is 2.74. The van der Waals surface area contributed by atoms with Crippen molar-refractivity contribution in [1.29, 1.82) is 0 Å². The van der Waals surface area contributed by atoms with E-state index in [0.717, 1.165) is 53.0 Å². The number of aromatic hydroxyl groups is 2. The van der Waals surface area contributed by atoms with Crippen molar-refractivity contribution in [2.45, 2.75) is 79.1 Å². The van der Waals surface area contributed by atoms with Crippen LogP contribution in [0.25, 0.3) is 0 Å². The van der Waals surface area contributed by atoms with E-state index in [4.69, 9.17) is 9.47 Å². The Kier molecular flexibility index (Phi) is 7.61. The van der Waals surface area contributed by atoms with E-state index >= 15 is 0 Å². The van der Waals surface area contributed by atoms with Gasteiger partial charge in [-0.3, -0.25) is 0 Å². The Labute approximate surface area is 195 Å². The molecule has 0 bridgehead atoms. The quantitative estimate of drug-likeness (QED) is 0.281. The van der Waals surface area contributed by atoms with Gasteiger partial charge in [-0.2, -0.15) is 0 Å². The number of benzene rings is 2. The number of rotatable bonds is 8. The number of phenols is 2. The summed E-state index contributed by atoms with van der Waals surface area (Å²) < 4.78 is 14.8. The van der Waals surface area contributed by atoms with Crippen molar-refractivity contribution >= 4 is 31.9 Å². The van der Waals surface area contributed by atoms with E-state index in [1.165, 1.54) is 5.56 Å². The molecule has 0 unspecified atom stereocenters. The largest absolute Gasteiger partial charge is 0.504 e. The number of ether oxygens (including phenoxy) is 2. The molecule has 0 atom stereocenters. The van der Waals surface area contributed by atoms with Gasteiger partial charge in [-0.15, -0.1) is 0 Å². The molecule has 0 radical (unpaired) electrons. The van der Waals surface area contributed by atoms with Gasteiger partial charge in [0.15, 0.2) is 34.5 Å². The van der Waals surface area contributed by atoms with Crippen LogP contribution in [0.5, 0.6) is 34.5 Å². The van der Waals surface area contributed by atoms with E-state index in [2.05, 4.69) is 45.7 Å². The van der Waals surface area contributed by atoms with Gasteiger partial charge in [-0.05, 0) is 63.1 Å². The molecular weight excluding hydrogens is 512 g/mol. The Hall–Kier alpha value is -1.40. The van der Waals surface area contributed by atoms with Crippen molar-refractivity contribution < 1.29 is 19.7 Å². The molecule has 2 aromatic rings. The van der Waals surface area contributed by atoms with Crippen molar-refractivity contribution in [3.05, 3.63) is 31.2 Å². The summed E-state index contributed by atoms with van der Waals surface area (Å²) >= 11 is 7.47. The van der Waals surface area contributed by atoms with Gasteiger partial charge in [0.1, 0.15) is 0 Å². The second kappa shape index (κ2) is 9.82. The number of phenolic OH excluding ortho intramolecular Hbond substituents is 2. The van der Waals surface area contributed by atoms with Crippen molar-refractivity contribution in [1.82, 2.24) is 0 Å². The summed E-state index contributed by atoms with van der Waals surface area (Å²) in [5.41, 5.74) is 3.57. The Morgan fingerprint density at radius 3 is 1.37 bits per heavy atom. The first kappa shape index (κ1) is 23.3. The lowest BCUT2D eigenvalue weighted by molar-refractivity contribution is 0.330. The minimum Gasteiger partial charge on any atom is -0.504 e. The van der Waals surface area contributed by atoms with E-state index in [0.29, 0.717) is 47.0 Å². The average molecular weight is 542 g/mol. The summed E-state index contributed by atoms with van der Waals surface area (Å²) in [5, 5.41) is 21.5. The van der Waals surface area contributed by atoms with Crippen LogP contribution in [0.2, 0.25) is 0 Å². The van der Waals surface area contributed by atoms with Crippen LogP contribution in [0.15, 0.2) is 8.95 Å². The summed E-state index contributed by atoms with van der Waals surface area (Å²) in [5.74, 6) is 2.21. The summed E-state index contributed by atoms with van der Waals surface area (Å²) in [6.07, 6.45) is 6.61. The second-order valence-electron chi connectivity index (χ2n) is 7.76.